The second-order valence-electron chi connectivity index (χ2n) is 7.96. The summed E-state index contributed by atoms with van der Waals surface area (Å²) in [6.45, 7) is 1.83. The molecule has 1 aliphatic heterocycles. The molecule has 0 radical (unpaired) electrons. The average molecular weight is 492 g/mol. The Bertz CT molecular complexity index is 1120. The molecule has 8 nitrogen and oxygen atoms in total. The minimum Gasteiger partial charge on any atom is -0.468 e. The van der Waals surface area contributed by atoms with Crippen LogP contribution in [0.25, 0.3) is 0 Å². The van der Waals surface area contributed by atoms with E-state index < -0.39 is 10.0 Å². The fourth-order valence-corrected chi connectivity index (χ4v) is 5.86. The molecule has 1 aromatic carbocycles. The average Bonchev–Trinajstić information content (AvgIpc) is 3.50. The highest BCUT2D eigenvalue weighted by Gasteiger charge is 2.28. The summed E-state index contributed by atoms with van der Waals surface area (Å²) in [4.78, 5) is 14.7. The summed E-state index contributed by atoms with van der Waals surface area (Å²) in [5.41, 5.74) is 0.371. The van der Waals surface area contributed by atoms with Gasteiger partial charge >= 0.3 is 0 Å². The Morgan fingerprint density at radius 3 is 2.21 bits per heavy atom. The fraction of sp³-hybridized carbons (Fsp3) is 0.348. The molecule has 0 spiro atoms. The van der Waals surface area contributed by atoms with Gasteiger partial charge in [-0.1, -0.05) is 18.0 Å². The normalized spacial score (nSPS) is 15.1. The van der Waals surface area contributed by atoms with Crippen LogP contribution in [0.3, 0.4) is 0 Å². The quantitative estimate of drug-likeness (QED) is 0.478. The van der Waals surface area contributed by atoms with Gasteiger partial charge in [0.05, 0.1) is 37.2 Å². The maximum Gasteiger partial charge on any atom is 0.244 e. The Hall–Kier alpha value is -2.59. The first kappa shape index (κ1) is 23.6. The number of hydrogen-bond acceptors (Lipinski definition) is 6. The minimum absolute atomic E-state index is 0.00638. The number of furan rings is 2. The molecule has 2 aromatic heterocycles. The smallest absolute Gasteiger partial charge is 0.244 e. The highest BCUT2D eigenvalue weighted by molar-refractivity contribution is 7.89. The number of amides is 1. The summed E-state index contributed by atoms with van der Waals surface area (Å²) in [5.74, 6) is 1.14. The molecular formula is C23H26ClN3O5S. The first-order valence-electron chi connectivity index (χ1n) is 10.8. The molecule has 0 saturated carbocycles. The monoisotopic (exact) mass is 491 g/mol. The van der Waals surface area contributed by atoms with Gasteiger partial charge in [-0.15, -0.1) is 0 Å². The van der Waals surface area contributed by atoms with Crippen molar-refractivity contribution in [2.75, 3.05) is 25.0 Å². The Morgan fingerprint density at radius 2 is 1.64 bits per heavy atom. The second kappa shape index (κ2) is 10.6. The fourth-order valence-electron chi connectivity index (χ4n) is 3.84. The summed E-state index contributed by atoms with van der Waals surface area (Å²) in [6.07, 6.45) is 5.84. The van der Waals surface area contributed by atoms with Gasteiger partial charge in [-0.25, -0.2) is 8.42 Å². The minimum atomic E-state index is -3.73. The Kier molecular flexibility index (Phi) is 7.54. The number of carbonyl (C=O) groups is 1. The van der Waals surface area contributed by atoms with Gasteiger partial charge in [0.15, 0.2) is 0 Å². The Labute approximate surface area is 198 Å². The van der Waals surface area contributed by atoms with Gasteiger partial charge < -0.3 is 14.2 Å². The number of hydrogen-bond donors (Lipinski definition) is 1. The van der Waals surface area contributed by atoms with E-state index in [2.05, 4.69) is 5.32 Å². The molecule has 0 aliphatic carbocycles. The first-order chi connectivity index (χ1) is 15.9. The van der Waals surface area contributed by atoms with Crippen molar-refractivity contribution in [2.24, 2.45) is 0 Å². The van der Waals surface area contributed by atoms with Gasteiger partial charge in [-0.3, -0.25) is 9.69 Å². The standard InChI is InChI=1S/C23H26ClN3O5S/c24-21-9-8-18(14-22(21)33(29,30)27-10-2-1-3-11-27)25-23(28)17-26(15-19-6-4-12-31-19)16-20-7-5-13-32-20/h4-9,12-14H,1-3,10-11,15-17H2,(H,25,28). The summed E-state index contributed by atoms with van der Waals surface area (Å²) in [7, 11) is -3.73. The molecule has 176 valence electrons. The van der Waals surface area contributed by atoms with E-state index in [9.17, 15) is 13.2 Å². The molecule has 3 heterocycles. The number of benzene rings is 1. The van der Waals surface area contributed by atoms with Gasteiger partial charge in [0.2, 0.25) is 15.9 Å². The summed E-state index contributed by atoms with van der Waals surface area (Å²) in [5, 5.41) is 2.93. The highest BCUT2D eigenvalue weighted by atomic mass is 35.5. The SMILES string of the molecule is O=C(CN(Cc1ccco1)Cc1ccco1)Nc1ccc(Cl)c(S(=O)(=O)N2CCCCC2)c1. The maximum absolute atomic E-state index is 13.1. The zero-order valence-electron chi connectivity index (χ0n) is 18.1. The molecule has 1 fully saturated rings. The Balaban J connectivity index is 1.47. The molecule has 3 aromatic rings. The molecule has 1 saturated heterocycles. The predicted molar refractivity (Wildman–Crippen MR) is 124 cm³/mol. The molecular weight excluding hydrogens is 466 g/mol. The lowest BCUT2D eigenvalue weighted by atomic mass is 10.2. The lowest BCUT2D eigenvalue weighted by molar-refractivity contribution is -0.117. The van der Waals surface area contributed by atoms with Crippen LogP contribution in [0, 0.1) is 0 Å². The van der Waals surface area contributed by atoms with Crippen LogP contribution in [0.1, 0.15) is 30.8 Å². The van der Waals surface area contributed by atoms with E-state index in [1.807, 2.05) is 17.0 Å². The molecule has 4 rings (SSSR count). The van der Waals surface area contributed by atoms with E-state index in [0.717, 1.165) is 30.8 Å². The van der Waals surface area contributed by atoms with Crippen LogP contribution >= 0.6 is 11.6 Å². The van der Waals surface area contributed by atoms with Gasteiger partial charge in [-0.2, -0.15) is 4.31 Å². The van der Waals surface area contributed by atoms with Crippen LogP contribution in [-0.4, -0.2) is 43.2 Å². The molecule has 33 heavy (non-hydrogen) atoms. The van der Waals surface area contributed by atoms with Crippen LogP contribution in [0.2, 0.25) is 5.02 Å². The number of piperidine rings is 1. The molecule has 10 heteroatoms. The number of carbonyl (C=O) groups excluding carboxylic acids is 1. The summed E-state index contributed by atoms with van der Waals surface area (Å²) < 4.78 is 38.4. The lowest BCUT2D eigenvalue weighted by Crippen LogP contribution is -2.36. The third kappa shape index (κ3) is 6.05. The van der Waals surface area contributed by atoms with Crippen molar-refractivity contribution in [1.82, 2.24) is 9.21 Å². The van der Waals surface area contributed by atoms with Crippen molar-refractivity contribution >= 4 is 33.2 Å². The number of halogens is 1. The number of anilines is 1. The summed E-state index contributed by atoms with van der Waals surface area (Å²) >= 11 is 6.23. The third-order valence-electron chi connectivity index (χ3n) is 5.43. The van der Waals surface area contributed by atoms with Gasteiger partial charge in [0.25, 0.3) is 0 Å². The van der Waals surface area contributed by atoms with Crippen molar-refractivity contribution in [2.45, 2.75) is 37.2 Å². The zero-order valence-corrected chi connectivity index (χ0v) is 19.6. The molecule has 0 unspecified atom stereocenters. The van der Waals surface area contributed by atoms with Crippen LogP contribution in [0.15, 0.2) is 68.7 Å². The van der Waals surface area contributed by atoms with E-state index in [0.29, 0.717) is 31.9 Å². The maximum atomic E-state index is 13.1. The zero-order chi connectivity index (χ0) is 23.3. The van der Waals surface area contributed by atoms with Gasteiger partial charge in [0.1, 0.15) is 16.4 Å². The van der Waals surface area contributed by atoms with Crippen molar-refractivity contribution in [1.29, 1.82) is 0 Å². The van der Waals surface area contributed by atoms with E-state index >= 15 is 0 Å². The second-order valence-corrected chi connectivity index (χ2v) is 10.3. The summed E-state index contributed by atoms with van der Waals surface area (Å²) in [6, 6.07) is 11.8. The van der Waals surface area contributed by atoms with Crippen molar-refractivity contribution in [3.8, 4) is 0 Å². The van der Waals surface area contributed by atoms with Crippen LogP contribution in [-0.2, 0) is 27.9 Å². The van der Waals surface area contributed by atoms with Crippen LogP contribution in [0.5, 0.6) is 0 Å². The Morgan fingerprint density at radius 1 is 1.00 bits per heavy atom. The molecule has 0 bridgehead atoms. The number of nitrogens with zero attached hydrogens (tertiary/aromatic N) is 2. The molecule has 0 atom stereocenters. The number of nitrogens with one attached hydrogen (secondary N) is 1. The van der Waals surface area contributed by atoms with Crippen molar-refractivity contribution < 1.29 is 22.0 Å². The van der Waals surface area contributed by atoms with E-state index in [4.69, 9.17) is 20.4 Å². The lowest BCUT2D eigenvalue weighted by Gasteiger charge is -2.26. The molecule has 1 N–H and O–H groups in total. The van der Waals surface area contributed by atoms with Crippen molar-refractivity contribution in [3.63, 3.8) is 0 Å². The van der Waals surface area contributed by atoms with Crippen LogP contribution < -0.4 is 5.32 Å². The van der Waals surface area contributed by atoms with E-state index in [1.54, 1.807) is 30.7 Å². The van der Waals surface area contributed by atoms with Gasteiger partial charge in [-0.05, 0) is 55.3 Å². The van der Waals surface area contributed by atoms with Crippen molar-refractivity contribution in [3.05, 3.63) is 71.5 Å². The predicted octanol–water partition coefficient (Wildman–Crippen LogP) is 4.34. The highest BCUT2D eigenvalue weighted by Crippen LogP contribution is 2.29. The number of rotatable bonds is 9. The largest absolute Gasteiger partial charge is 0.468 e. The van der Waals surface area contributed by atoms with E-state index in [-0.39, 0.29) is 22.4 Å². The first-order valence-corrected chi connectivity index (χ1v) is 12.6. The topological polar surface area (TPSA) is 96.0 Å². The van der Waals surface area contributed by atoms with E-state index in [1.165, 1.54) is 16.4 Å². The number of sulfonamides is 1. The molecule has 1 amide bonds. The van der Waals surface area contributed by atoms with Crippen LogP contribution in [0.4, 0.5) is 5.69 Å². The van der Waals surface area contributed by atoms with Gasteiger partial charge in [0, 0.05) is 18.8 Å². The molecule has 1 aliphatic rings. The third-order valence-corrected chi connectivity index (χ3v) is 7.81.